The number of rotatable bonds is 10. The van der Waals surface area contributed by atoms with Gasteiger partial charge >= 0.3 is 5.97 Å². The van der Waals surface area contributed by atoms with Gasteiger partial charge in [-0.15, -0.1) is 0 Å². The second kappa shape index (κ2) is 11.0. The first kappa shape index (κ1) is 23.6. The first-order valence-electron chi connectivity index (χ1n) is 10.4. The molecule has 0 saturated heterocycles. The molecule has 3 aromatic rings. The number of nitrogens with one attached hydrogen (secondary N) is 1. The molecule has 2 aromatic heterocycles. The summed E-state index contributed by atoms with van der Waals surface area (Å²) in [5, 5.41) is 7.75. The van der Waals surface area contributed by atoms with Crippen molar-refractivity contribution in [3.8, 4) is 0 Å². The molecule has 0 aliphatic carbocycles. The van der Waals surface area contributed by atoms with E-state index in [-0.39, 0.29) is 29.6 Å². The summed E-state index contributed by atoms with van der Waals surface area (Å²) in [6.45, 7) is 6.75. The third-order valence-corrected chi connectivity index (χ3v) is 5.34. The van der Waals surface area contributed by atoms with Crippen LogP contribution in [0.4, 0.5) is 5.69 Å². The average Bonchev–Trinajstić information content (AvgIpc) is 3.15. The van der Waals surface area contributed by atoms with Crippen LogP contribution < -0.4 is 10.9 Å². The Morgan fingerprint density at radius 2 is 2.03 bits per heavy atom. The Bertz CT molecular complexity index is 1150. The van der Waals surface area contributed by atoms with Crippen LogP contribution in [0.15, 0.2) is 35.1 Å². The molecule has 9 nitrogen and oxygen atoms in total. The fourth-order valence-corrected chi connectivity index (χ4v) is 3.83. The van der Waals surface area contributed by atoms with E-state index in [1.165, 1.54) is 21.9 Å². The van der Waals surface area contributed by atoms with Gasteiger partial charge in [0.15, 0.2) is 0 Å². The highest BCUT2D eigenvalue weighted by molar-refractivity contribution is 7.16. The molecule has 0 atom stereocenters. The standard InChI is InChI=1S/C22H26N4O5S/c1-4-30-10-9-19-25-26-20(28)12-15(23-22(26)32-19)13-31-21(29)16-7-5-6-8-17(16)24-18(27)11-14(2)3/h5-8,12,14H,4,9-11,13H2,1-3H3,(H,24,27). The van der Waals surface area contributed by atoms with Crippen molar-refractivity contribution >= 4 is 33.9 Å². The number of hydrogen-bond acceptors (Lipinski definition) is 8. The molecule has 0 saturated carbocycles. The smallest absolute Gasteiger partial charge is 0.340 e. The van der Waals surface area contributed by atoms with Crippen molar-refractivity contribution in [2.45, 2.75) is 40.2 Å². The molecule has 3 rings (SSSR count). The number of esters is 1. The van der Waals surface area contributed by atoms with Gasteiger partial charge in [0.25, 0.3) is 5.56 Å². The van der Waals surface area contributed by atoms with Gasteiger partial charge in [-0.3, -0.25) is 9.59 Å². The normalized spacial score (nSPS) is 11.1. The van der Waals surface area contributed by atoms with Crippen LogP contribution in [0, 0.1) is 5.92 Å². The van der Waals surface area contributed by atoms with Gasteiger partial charge in [0, 0.05) is 25.5 Å². The van der Waals surface area contributed by atoms with Crippen molar-refractivity contribution in [2.75, 3.05) is 18.5 Å². The lowest BCUT2D eigenvalue weighted by molar-refractivity contribution is -0.116. The number of benzene rings is 1. The first-order valence-corrected chi connectivity index (χ1v) is 11.2. The largest absolute Gasteiger partial charge is 0.456 e. The fourth-order valence-electron chi connectivity index (χ4n) is 2.93. The van der Waals surface area contributed by atoms with Crippen LogP contribution in [0.2, 0.25) is 0 Å². The lowest BCUT2D eigenvalue weighted by atomic mass is 10.1. The highest BCUT2D eigenvalue weighted by Crippen LogP contribution is 2.18. The number of anilines is 1. The van der Waals surface area contributed by atoms with Crippen molar-refractivity contribution < 1.29 is 19.1 Å². The summed E-state index contributed by atoms with van der Waals surface area (Å²) in [5.74, 6) is -0.597. The minimum Gasteiger partial charge on any atom is -0.456 e. The van der Waals surface area contributed by atoms with E-state index in [4.69, 9.17) is 9.47 Å². The van der Waals surface area contributed by atoms with Crippen LogP contribution in [-0.2, 0) is 27.3 Å². The zero-order valence-electron chi connectivity index (χ0n) is 18.3. The molecule has 0 bridgehead atoms. The fraction of sp³-hybridized carbons (Fsp3) is 0.409. The molecular weight excluding hydrogens is 432 g/mol. The predicted octanol–water partition coefficient (Wildman–Crippen LogP) is 3.07. The van der Waals surface area contributed by atoms with Crippen molar-refractivity contribution in [3.63, 3.8) is 0 Å². The number of fused-ring (bicyclic) bond motifs is 1. The Balaban J connectivity index is 1.69. The highest BCUT2D eigenvalue weighted by Gasteiger charge is 2.16. The van der Waals surface area contributed by atoms with Gasteiger partial charge in [-0.1, -0.05) is 37.3 Å². The van der Waals surface area contributed by atoms with Crippen LogP contribution in [0.3, 0.4) is 0 Å². The molecule has 32 heavy (non-hydrogen) atoms. The summed E-state index contributed by atoms with van der Waals surface area (Å²) >= 11 is 1.29. The summed E-state index contributed by atoms with van der Waals surface area (Å²) in [4.78, 5) is 41.9. The monoisotopic (exact) mass is 458 g/mol. The van der Waals surface area contributed by atoms with E-state index in [9.17, 15) is 14.4 Å². The minimum absolute atomic E-state index is 0.175. The summed E-state index contributed by atoms with van der Waals surface area (Å²) in [6, 6.07) is 7.93. The second-order valence-electron chi connectivity index (χ2n) is 7.49. The Hall–Kier alpha value is -3.11. The molecule has 0 aliphatic rings. The van der Waals surface area contributed by atoms with Gasteiger partial charge in [-0.25, -0.2) is 9.78 Å². The van der Waals surface area contributed by atoms with Gasteiger partial charge < -0.3 is 14.8 Å². The molecule has 170 valence electrons. The maximum absolute atomic E-state index is 12.6. The lowest BCUT2D eigenvalue weighted by Crippen LogP contribution is -2.18. The molecule has 1 N–H and O–H groups in total. The van der Waals surface area contributed by atoms with Gasteiger partial charge in [0.2, 0.25) is 10.9 Å². The van der Waals surface area contributed by atoms with Gasteiger partial charge in [0.05, 0.1) is 23.6 Å². The van der Waals surface area contributed by atoms with E-state index < -0.39 is 5.97 Å². The third-order valence-electron chi connectivity index (χ3n) is 4.37. The maximum Gasteiger partial charge on any atom is 0.340 e. The zero-order chi connectivity index (χ0) is 23.1. The number of aromatic nitrogens is 3. The minimum atomic E-state index is -0.617. The number of amides is 1. The summed E-state index contributed by atoms with van der Waals surface area (Å²) in [6.07, 6.45) is 0.934. The quantitative estimate of drug-likeness (QED) is 0.367. The van der Waals surface area contributed by atoms with E-state index in [0.29, 0.717) is 42.4 Å². The molecular formula is C22H26N4O5S. The number of carbonyl (C=O) groups is 2. The zero-order valence-corrected chi connectivity index (χ0v) is 19.1. The molecule has 0 spiro atoms. The summed E-state index contributed by atoms with van der Waals surface area (Å²) in [5.41, 5.74) is 0.595. The summed E-state index contributed by atoms with van der Waals surface area (Å²) < 4.78 is 11.9. The van der Waals surface area contributed by atoms with Crippen LogP contribution in [0.25, 0.3) is 4.96 Å². The van der Waals surface area contributed by atoms with Crippen LogP contribution in [-0.4, -0.2) is 39.7 Å². The Morgan fingerprint density at radius 3 is 2.78 bits per heavy atom. The van der Waals surface area contributed by atoms with E-state index in [0.717, 1.165) is 5.01 Å². The molecule has 1 aromatic carbocycles. The molecule has 2 heterocycles. The van der Waals surface area contributed by atoms with Crippen LogP contribution in [0.1, 0.15) is 48.3 Å². The van der Waals surface area contributed by atoms with Gasteiger partial charge in [0.1, 0.15) is 11.6 Å². The van der Waals surface area contributed by atoms with E-state index in [2.05, 4.69) is 15.4 Å². The molecule has 0 fully saturated rings. The van der Waals surface area contributed by atoms with Crippen molar-refractivity contribution in [1.82, 2.24) is 14.6 Å². The topological polar surface area (TPSA) is 112 Å². The first-order chi connectivity index (χ1) is 15.4. The van der Waals surface area contributed by atoms with Gasteiger partial charge in [-0.05, 0) is 25.0 Å². The number of ether oxygens (including phenoxy) is 2. The highest BCUT2D eigenvalue weighted by atomic mass is 32.1. The Morgan fingerprint density at radius 1 is 1.25 bits per heavy atom. The molecule has 10 heteroatoms. The Labute approximate surface area is 189 Å². The molecule has 0 unspecified atom stereocenters. The molecule has 0 aliphatic heterocycles. The van der Waals surface area contributed by atoms with Gasteiger partial charge in [-0.2, -0.15) is 9.61 Å². The number of carbonyl (C=O) groups excluding carboxylic acids is 2. The SMILES string of the molecule is CCOCCc1nn2c(=O)cc(COC(=O)c3ccccc3NC(=O)CC(C)C)nc2s1. The van der Waals surface area contributed by atoms with Crippen LogP contribution in [0.5, 0.6) is 0 Å². The van der Waals surface area contributed by atoms with Crippen molar-refractivity contribution in [3.05, 3.63) is 57.0 Å². The van der Waals surface area contributed by atoms with E-state index in [1.54, 1.807) is 24.3 Å². The summed E-state index contributed by atoms with van der Waals surface area (Å²) in [7, 11) is 0. The number of hydrogen-bond donors (Lipinski definition) is 1. The Kier molecular flexibility index (Phi) is 8.07. The predicted molar refractivity (Wildman–Crippen MR) is 121 cm³/mol. The lowest BCUT2D eigenvalue weighted by Gasteiger charge is -2.11. The number of nitrogens with zero attached hydrogens (tertiary/aromatic N) is 3. The van der Waals surface area contributed by atoms with Crippen LogP contribution >= 0.6 is 11.3 Å². The van der Waals surface area contributed by atoms with E-state index in [1.807, 2.05) is 20.8 Å². The second-order valence-corrected chi connectivity index (χ2v) is 8.53. The number of para-hydroxylation sites is 1. The average molecular weight is 459 g/mol. The van der Waals surface area contributed by atoms with Crippen molar-refractivity contribution in [1.29, 1.82) is 0 Å². The van der Waals surface area contributed by atoms with E-state index >= 15 is 0 Å². The van der Waals surface area contributed by atoms with Crippen molar-refractivity contribution in [2.24, 2.45) is 5.92 Å². The molecule has 1 amide bonds. The maximum atomic E-state index is 12.6. The molecule has 0 radical (unpaired) electrons. The third kappa shape index (κ3) is 6.21.